The van der Waals surface area contributed by atoms with Gasteiger partial charge in [0.25, 0.3) is 0 Å². The van der Waals surface area contributed by atoms with E-state index in [-0.39, 0.29) is 0 Å². The Morgan fingerprint density at radius 3 is 2.35 bits per heavy atom. The Hall–Kier alpha value is -1.11. The molecule has 0 aliphatic rings. The summed E-state index contributed by atoms with van der Waals surface area (Å²) in [7, 11) is -7.87. The van der Waals surface area contributed by atoms with Gasteiger partial charge in [-0.1, -0.05) is 0 Å². The third-order valence-corrected chi connectivity index (χ3v) is 5.72. The number of nitro groups is 1. The Labute approximate surface area is 100 Å². The molecular formula is C5H7N3O6S3. The van der Waals surface area contributed by atoms with Crippen LogP contribution in [0.3, 0.4) is 0 Å². The van der Waals surface area contributed by atoms with Crippen LogP contribution in [-0.2, 0) is 19.9 Å². The summed E-state index contributed by atoms with van der Waals surface area (Å²) in [6, 6.07) is 0. The molecule has 96 valence electrons. The Bertz CT molecular complexity index is 630. The molecule has 1 aromatic heterocycles. The number of thiazole rings is 1. The molecule has 0 aliphatic carbocycles. The van der Waals surface area contributed by atoms with Gasteiger partial charge >= 0.3 is 5.00 Å². The van der Waals surface area contributed by atoms with Crippen LogP contribution in [-0.4, -0.2) is 38.2 Å². The first-order chi connectivity index (χ1) is 7.62. The second-order valence-electron chi connectivity index (χ2n) is 2.91. The zero-order valence-electron chi connectivity index (χ0n) is 8.14. The number of rotatable bonds is 5. The number of sulfonamides is 1. The average Bonchev–Trinajstić information content (AvgIpc) is 2.63. The maximum absolute atomic E-state index is 11.5. The fraction of sp³-hybridized carbons (Fsp3) is 0.400. The number of sulfone groups is 1. The van der Waals surface area contributed by atoms with Gasteiger partial charge in [0.15, 0.2) is 0 Å². The normalized spacial score (nSPS) is 12.5. The Morgan fingerprint density at radius 2 is 1.94 bits per heavy atom. The first kappa shape index (κ1) is 14.0. The number of hydrogen-bond donors (Lipinski definition) is 1. The Morgan fingerprint density at radius 1 is 1.35 bits per heavy atom. The summed E-state index contributed by atoms with van der Waals surface area (Å²) in [6.07, 6.45) is 0.800. The van der Waals surface area contributed by atoms with Gasteiger partial charge in [0.05, 0.1) is 16.4 Å². The topological polar surface area (TPSA) is 150 Å². The van der Waals surface area contributed by atoms with Gasteiger partial charge in [-0.05, 0) is 11.3 Å². The van der Waals surface area contributed by atoms with Gasteiger partial charge in [0, 0.05) is 0 Å². The van der Waals surface area contributed by atoms with Crippen LogP contribution in [0.1, 0.15) is 0 Å². The molecule has 1 rings (SSSR count). The minimum atomic E-state index is -3.96. The predicted octanol–water partition coefficient (Wildman–Crippen LogP) is -0.886. The van der Waals surface area contributed by atoms with Crippen molar-refractivity contribution in [3.05, 3.63) is 16.3 Å². The lowest BCUT2D eigenvalue weighted by Crippen LogP contribution is -2.23. The second-order valence-corrected chi connectivity index (χ2v) is 7.93. The van der Waals surface area contributed by atoms with Crippen LogP contribution in [0.5, 0.6) is 0 Å². The van der Waals surface area contributed by atoms with Crippen molar-refractivity contribution in [2.75, 3.05) is 11.5 Å². The molecule has 2 N–H and O–H groups in total. The third kappa shape index (κ3) is 3.99. The summed E-state index contributed by atoms with van der Waals surface area (Å²) in [5.74, 6) is -1.51. The number of nitrogens with zero attached hydrogens (tertiary/aromatic N) is 2. The number of aromatic nitrogens is 1. The van der Waals surface area contributed by atoms with Crippen molar-refractivity contribution in [3.8, 4) is 0 Å². The molecule has 12 heteroatoms. The van der Waals surface area contributed by atoms with Crippen LogP contribution >= 0.6 is 11.3 Å². The summed E-state index contributed by atoms with van der Waals surface area (Å²) in [5.41, 5.74) is 0. The first-order valence-electron chi connectivity index (χ1n) is 3.95. The highest BCUT2D eigenvalue weighted by molar-refractivity contribution is 7.95. The molecule has 0 radical (unpaired) electrons. The molecule has 0 fully saturated rings. The van der Waals surface area contributed by atoms with E-state index in [1.54, 1.807) is 0 Å². The second kappa shape index (κ2) is 4.64. The lowest BCUT2D eigenvalue weighted by atomic mass is 10.9. The van der Waals surface area contributed by atoms with E-state index in [1.165, 1.54) is 0 Å². The standard InChI is InChI=1S/C5H7N3O6S3/c6-17(13,14)2-1-16(11,12)5-7-3-4(15-5)8(9)10/h3H,1-2H2,(H2,6,13,14). The molecule has 1 heterocycles. The van der Waals surface area contributed by atoms with E-state index < -0.39 is 45.6 Å². The highest BCUT2D eigenvalue weighted by Crippen LogP contribution is 2.25. The summed E-state index contributed by atoms with van der Waals surface area (Å²) in [4.78, 5) is 12.9. The predicted molar refractivity (Wildman–Crippen MR) is 58.8 cm³/mol. The van der Waals surface area contributed by atoms with Gasteiger partial charge in [-0.2, -0.15) is 0 Å². The highest BCUT2D eigenvalue weighted by Gasteiger charge is 2.24. The monoisotopic (exact) mass is 301 g/mol. The summed E-state index contributed by atoms with van der Waals surface area (Å²) < 4.78 is 43.8. The molecule has 9 nitrogen and oxygen atoms in total. The molecule has 0 bridgehead atoms. The Balaban J connectivity index is 2.94. The fourth-order valence-corrected chi connectivity index (χ4v) is 4.46. The number of hydrogen-bond acceptors (Lipinski definition) is 8. The summed E-state index contributed by atoms with van der Waals surface area (Å²) in [6.45, 7) is 0. The van der Waals surface area contributed by atoms with Gasteiger partial charge in [0.2, 0.25) is 24.2 Å². The smallest absolute Gasteiger partial charge is 0.257 e. The van der Waals surface area contributed by atoms with Crippen LogP contribution < -0.4 is 5.14 Å². The van der Waals surface area contributed by atoms with E-state index in [0.29, 0.717) is 11.3 Å². The van der Waals surface area contributed by atoms with E-state index in [1.807, 2.05) is 0 Å². The van der Waals surface area contributed by atoms with Crippen molar-refractivity contribution < 1.29 is 21.8 Å². The third-order valence-electron chi connectivity index (χ3n) is 1.55. The van der Waals surface area contributed by atoms with Gasteiger partial charge in [-0.25, -0.2) is 27.0 Å². The van der Waals surface area contributed by atoms with E-state index >= 15 is 0 Å². The van der Waals surface area contributed by atoms with Gasteiger partial charge in [0.1, 0.15) is 6.20 Å². The summed E-state index contributed by atoms with van der Waals surface area (Å²) in [5, 5.41) is 14.5. The maximum atomic E-state index is 11.5. The molecular weight excluding hydrogens is 294 g/mol. The van der Waals surface area contributed by atoms with Crippen LogP contribution in [0, 0.1) is 10.1 Å². The molecule has 0 spiro atoms. The number of nitrogens with two attached hydrogens (primary N) is 1. The van der Waals surface area contributed by atoms with Crippen molar-refractivity contribution in [1.82, 2.24) is 4.98 Å². The lowest BCUT2D eigenvalue weighted by Gasteiger charge is -1.98. The van der Waals surface area contributed by atoms with Gasteiger partial charge in [-0.15, -0.1) is 0 Å². The molecule has 0 aromatic carbocycles. The molecule has 0 amide bonds. The van der Waals surface area contributed by atoms with Crippen LogP contribution in [0.15, 0.2) is 10.5 Å². The molecule has 17 heavy (non-hydrogen) atoms. The zero-order chi connectivity index (χ0) is 13.3. The molecule has 0 saturated heterocycles. The summed E-state index contributed by atoms with van der Waals surface area (Å²) >= 11 is 0.365. The lowest BCUT2D eigenvalue weighted by molar-refractivity contribution is -0.380. The SMILES string of the molecule is NS(=O)(=O)CCS(=O)(=O)c1ncc([N+](=O)[O-])s1. The van der Waals surface area contributed by atoms with Crippen LogP contribution in [0.4, 0.5) is 5.00 Å². The molecule has 0 unspecified atom stereocenters. The number of primary sulfonamides is 1. The average molecular weight is 301 g/mol. The molecule has 0 saturated carbocycles. The molecule has 1 aromatic rings. The fourth-order valence-electron chi connectivity index (χ4n) is 0.791. The molecule has 0 atom stereocenters. The van der Waals surface area contributed by atoms with Crippen LogP contribution in [0.25, 0.3) is 0 Å². The van der Waals surface area contributed by atoms with Crippen LogP contribution in [0.2, 0.25) is 0 Å². The minimum absolute atomic E-state index is 0.365. The Kier molecular flexibility index (Phi) is 3.81. The highest BCUT2D eigenvalue weighted by atomic mass is 32.2. The van der Waals surface area contributed by atoms with Crippen molar-refractivity contribution in [2.45, 2.75) is 4.34 Å². The van der Waals surface area contributed by atoms with Gasteiger partial charge < -0.3 is 0 Å². The zero-order valence-corrected chi connectivity index (χ0v) is 10.6. The van der Waals surface area contributed by atoms with Gasteiger partial charge in [-0.3, -0.25) is 10.1 Å². The van der Waals surface area contributed by atoms with E-state index in [2.05, 4.69) is 10.1 Å². The first-order valence-corrected chi connectivity index (χ1v) is 8.14. The largest absolute Gasteiger partial charge is 0.344 e. The van der Waals surface area contributed by atoms with Crippen molar-refractivity contribution in [3.63, 3.8) is 0 Å². The van der Waals surface area contributed by atoms with E-state index in [9.17, 15) is 26.9 Å². The maximum Gasteiger partial charge on any atom is 0.344 e. The minimum Gasteiger partial charge on any atom is -0.257 e. The van der Waals surface area contributed by atoms with Crippen molar-refractivity contribution in [1.29, 1.82) is 0 Å². The van der Waals surface area contributed by atoms with E-state index in [0.717, 1.165) is 6.20 Å². The van der Waals surface area contributed by atoms with Crippen molar-refractivity contribution >= 4 is 36.2 Å². The van der Waals surface area contributed by atoms with Crippen molar-refractivity contribution in [2.24, 2.45) is 5.14 Å². The molecule has 0 aliphatic heterocycles. The van der Waals surface area contributed by atoms with E-state index in [4.69, 9.17) is 0 Å². The quantitative estimate of drug-likeness (QED) is 0.547.